The van der Waals surface area contributed by atoms with Crippen LogP contribution in [0.5, 0.6) is 0 Å². The highest BCUT2D eigenvalue weighted by Crippen LogP contribution is 2.09. The monoisotopic (exact) mass is 477 g/mol. The Morgan fingerprint density at radius 3 is 1.74 bits per heavy atom. The summed E-state index contributed by atoms with van der Waals surface area (Å²) in [5.41, 5.74) is 0. The van der Waals surface area contributed by atoms with E-state index in [2.05, 4.69) is 52.9 Å². The van der Waals surface area contributed by atoms with Crippen molar-refractivity contribution in [1.29, 1.82) is 0 Å². The van der Waals surface area contributed by atoms with E-state index in [1.807, 2.05) is 0 Å². The summed E-state index contributed by atoms with van der Waals surface area (Å²) in [5.74, 6) is 1.47. The van der Waals surface area contributed by atoms with Gasteiger partial charge in [-0.15, -0.1) is 0 Å². The predicted molar refractivity (Wildman–Crippen MR) is 141 cm³/mol. The van der Waals surface area contributed by atoms with Gasteiger partial charge >= 0.3 is 0 Å². The standard InChI is InChI=1S/C28H52N4O2/c1-4-6-8-10-12-14-16-18-27(33)29-20-22-31-24-25-32(26(31)3)23-21-30-28(34)19-17-15-13-11-9-7-5-2/h24-25H,4-23H2,1-3H3,(H-,29,30,33,34)/p+1. The van der Waals surface area contributed by atoms with E-state index in [0.717, 1.165) is 44.6 Å². The maximum absolute atomic E-state index is 12.1. The normalized spacial score (nSPS) is 11.0. The molecule has 0 aromatic carbocycles. The molecular formula is C28H53N4O2+. The van der Waals surface area contributed by atoms with Gasteiger partial charge in [-0.2, -0.15) is 0 Å². The van der Waals surface area contributed by atoms with Crippen LogP contribution in [0.4, 0.5) is 0 Å². The minimum Gasteiger partial charge on any atom is -0.352 e. The van der Waals surface area contributed by atoms with Crippen molar-refractivity contribution < 1.29 is 14.2 Å². The molecule has 6 nitrogen and oxygen atoms in total. The molecule has 196 valence electrons. The topological polar surface area (TPSA) is 67.0 Å². The molecule has 1 aromatic rings. The maximum atomic E-state index is 12.1. The van der Waals surface area contributed by atoms with Gasteiger partial charge in [0.15, 0.2) is 0 Å². The number of carbonyl (C=O) groups is 2. The SMILES string of the molecule is CCCCCCCCCC(=O)NCCn1cc[n+](CCNC(=O)CCCCCCCCC)c1C. The fourth-order valence-corrected chi connectivity index (χ4v) is 4.31. The Hall–Kier alpha value is -1.85. The Morgan fingerprint density at radius 1 is 0.735 bits per heavy atom. The first-order chi connectivity index (χ1) is 16.6. The third-order valence-electron chi connectivity index (χ3n) is 6.62. The van der Waals surface area contributed by atoms with Gasteiger partial charge in [-0.1, -0.05) is 90.9 Å². The van der Waals surface area contributed by atoms with Crippen molar-refractivity contribution in [3.8, 4) is 0 Å². The third-order valence-corrected chi connectivity index (χ3v) is 6.62. The van der Waals surface area contributed by atoms with Crippen molar-refractivity contribution in [1.82, 2.24) is 15.2 Å². The van der Waals surface area contributed by atoms with E-state index in [1.54, 1.807) is 0 Å². The molecule has 2 amide bonds. The van der Waals surface area contributed by atoms with Gasteiger partial charge in [-0.05, 0) is 12.8 Å². The van der Waals surface area contributed by atoms with Crippen LogP contribution in [0.2, 0.25) is 0 Å². The molecule has 0 unspecified atom stereocenters. The van der Waals surface area contributed by atoms with Gasteiger partial charge in [-0.3, -0.25) is 9.59 Å². The molecule has 1 rings (SSSR count). The Labute approximate surface area is 209 Å². The molecule has 0 aliphatic rings. The van der Waals surface area contributed by atoms with Crippen LogP contribution >= 0.6 is 0 Å². The summed E-state index contributed by atoms with van der Waals surface area (Å²) in [6.45, 7) is 9.40. The molecule has 0 radical (unpaired) electrons. The summed E-state index contributed by atoms with van der Waals surface area (Å²) in [6, 6.07) is 0. The van der Waals surface area contributed by atoms with Gasteiger partial charge < -0.3 is 10.6 Å². The van der Waals surface area contributed by atoms with Gasteiger partial charge in [0.25, 0.3) is 5.82 Å². The molecule has 34 heavy (non-hydrogen) atoms. The lowest BCUT2D eigenvalue weighted by molar-refractivity contribution is -0.700. The number of rotatable bonds is 22. The number of nitrogens with zero attached hydrogens (tertiary/aromatic N) is 2. The molecular weight excluding hydrogens is 424 g/mol. The van der Waals surface area contributed by atoms with E-state index in [-0.39, 0.29) is 11.8 Å². The summed E-state index contributed by atoms with van der Waals surface area (Å²) in [4.78, 5) is 24.1. The number of amides is 2. The Kier molecular flexibility index (Phi) is 18.2. The lowest BCUT2D eigenvalue weighted by Crippen LogP contribution is -2.42. The van der Waals surface area contributed by atoms with Gasteiger partial charge in [0.05, 0.1) is 13.1 Å². The van der Waals surface area contributed by atoms with Crippen LogP contribution < -0.4 is 15.2 Å². The van der Waals surface area contributed by atoms with Crippen molar-refractivity contribution >= 4 is 11.8 Å². The van der Waals surface area contributed by atoms with Crippen LogP contribution in [0.3, 0.4) is 0 Å². The second-order valence-corrected chi connectivity index (χ2v) is 9.67. The van der Waals surface area contributed by atoms with E-state index in [4.69, 9.17) is 0 Å². The minimum absolute atomic E-state index is 0.162. The highest BCUT2D eigenvalue weighted by atomic mass is 16.2. The van der Waals surface area contributed by atoms with E-state index in [9.17, 15) is 9.59 Å². The molecule has 0 fully saturated rings. The minimum atomic E-state index is 0.162. The zero-order valence-electron chi connectivity index (χ0n) is 22.5. The summed E-state index contributed by atoms with van der Waals surface area (Å²) in [7, 11) is 0. The number of nitrogens with one attached hydrogen (secondary N) is 2. The van der Waals surface area contributed by atoms with E-state index >= 15 is 0 Å². The molecule has 1 heterocycles. The van der Waals surface area contributed by atoms with Crippen molar-refractivity contribution in [2.45, 2.75) is 137 Å². The summed E-state index contributed by atoms with van der Waals surface area (Å²) < 4.78 is 4.32. The van der Waals surface area contributed by atoms with Crippen molar-refractivity contribution in [2.75, 3.05) is 13.1 Å². The predicted octanol–water partition coefficient (Wildman–Crippen LogP) is 5.60. The first kappa shape index (κ1) is 30.2. The highest BCUT2D eigenvalue weighted by molar-refractivity contribution is 5.76. The number of hydrogen-bond donors (Lipinski definition) is 2. The van der Waals surface area contributed by atoms with Crippen molar-refractivity contribution in [2.24, 2.45) is 0 Å². The van der Waals surface area contributed by atoms with Crippen LogP contribution in [0.1, 0.15) is 122 Å². The van der Waals surface area contributed by atoms with Crippen LogP contribution in [0.15, 0.2) is 12.4 Å². The van der Waals surface area contributed by atoms with Crippen LogP contribution in [0, 0.1) is 6.92 Å². The van der Waals surface area contributed by atoms with Crippen LogP contribution in [-0.2, 0) is 22.7 Å². The molecule has 1 aromatic heterocycles. The number of carbonyl (C=O) groups excluding carboxylic acids is 2. The molecule has 2 N–H and O–H groups in total. The highest BCUT2D eigenvalue weighted by Gasteiger charge is 2.12. The summed E-state index contributed by atoms with van der Waals surface area (Å²) in [6.07, 6.45) is 22.6. The molecule has 0 aliphatic carbocycles. The lowest BCUT2D eigenvalue weighted by atomic mass is 10.1. The summed E-state index contributed by atoms with van der Waals surface area (Å²) >= 11 is 0. The molecule has 0 saturated carbocycles. The molecule has 0 atom stereocenters. The Bertz CT molecular complexity index is 603. The molecule has 0 saturated heterocycles. The average Bonchev–Trinajstić information content (AvgIpc) is 3.17. The van der Waals surface area contributed by atoms with Crippen LogP contribution in [0.25, 0.3) is 0 Å². The van der Waals surface area contributed by atoms with Gasteiger partial charge in [0, 0.05) is 19.8 Å². The van der Waals surface area contributed by atoms with E-state index in [0.29, 0.717) is 25.9 Å². The van der Waals surface area contributed by atoms with E-state index in [1.165, 1.54) is 64.2 Å². The molecule has 0 aliphatic heterocycles. The first-order valence-electron chi connectivity index (χ1n) is 14.2. The zero-order chi connectivity index (χ0) is 24.9. The van der Waals surface area contributed by atoms with Crippen molar-refractivity contribution in [3.05, 3.63) is 18.2 Å². The van der Waals surface area contributed by atoms with Gasteiger partial charge in [0.1, 0.15) is 25.5 Å². The number of aromatic nitrogens is 2. The lowest BCUT2D eigenvalue weighted by Gasteiger charge is -2.06. The molecule has 0 spiro atoms. The first-order valence-corrected chi connectivity index (χ1v) is 14.2. The molecule has 6 heteroatoms. The smallest absolute Gasteiger partial charge is 0.253 e. The fraction of sp³-hybridized carbons (Fsp3) is 0.821. The summed E-state index contributed by atoms with van der Waals surface area (Å²) in [5, 5.41) is 6.10. The quantitative estimate of drug-likeness (QED) is 0.169. The van der Waals surface area contributed by atoms with Crippen molar-refractivity contribution in [3.63, 3.8) is 0 Å². The molecule has 0 bridgehead atoms. The fourth-order valence-electron chi connectivity index (χ4n) is 4.31. The zero-order valence-corrected chi connectivity index (χ0v) is 22.5. The second kappa shape index (κ2) is 20.5. The average molecular weight is 478 g/mol. The largest absolute Gasteiger partial charge is 0.352 e. The van der Waals surface area contributed by atoms with Gasteiger partial charge in [0.2, 0.25) is 11.8 Å². The van der Waals surface area contributed by atoms with Crippen LogP contribution in [-0.4, -0.2) is 29.5 Å². The third kappa shape index (κ3) is 15.1. The number of imidazole rings is 1. The Balaban J connectivity index is 2.10. The van der Waals surface area contributed by atoms with Gasteiger partial charge in [-0.25, -0.2) is 9.13 Å². The second-order valence-electron chi connectivity index (χ2n) is 9.67. The Morgan fingerprint density at radius 2 is 1.21 bits per heavy atom. The number of unbranched alkanes of at least 4 members (excludes halogenated alkanes) is 12. The van der Waals surface area contributed by atoms with E-state index < -0.39 is 0 Å². The number of hydrogen-bond acceptors (Lipinski definition) is 2. The maximum Gasteiger partial charge on any atom is 0.253 e.